The lowest BCUT2D eigenvalue weighted by atomic mass is 10.2. The summed E-state index contributed by atoms with van der Waals surface area (Å²) in [6.07, 6.45) is 1.62. The van der Waals surface area contributed by atoms with Crippen molar-refractivity contribution in [3.05, 3.63) is 0 Å². The molecular formula is C5H11NO. The molecule has 1 atom stereocenters. The molecule has 0 aliphatic carbocycles. The van der Waals surface area contributed by atoms with E-state index in [9.17, 15) is 0 Å². The van der Waals surface area contributed by atoms with Crippen LogP contribution in [-0.4, -0.2) is 31.8 Å². The summed E-state index contributed by atoms with van der Waals surface area (Å²) in [6, 6.07) is 0. The highest BCUT2D eigenvalue weighted by molar-refractivity contribution is 4.69. The van der Waals surface area contributed by atoms with E-state index in [1.165, 1.54) is 13.0 Å². The molecule has 0 aromatic carbocycles. The molecule has 1 aliphatic heterocycles. The summed E-state index contributed by atoms with van der Waals surface area (Å²) in [5.74, 6) is 0. The molecule has 2 nitrogen and oxygen atoms in total. The van der Waals surface area contributed by atoms with Gasteiger partial charge in [-0.1, -0.05) is 0 Å². The number of hydrogen-bond acceptors (Lipinski definition) is 2. The lowest BCUT2D eigenvalue weighted by Crippen LogP contribution is -2.45. The molecule has 42 valence electrons. The van der Waals surface area contributed by atoms with Crippen LogP contribution < -0.4 is 0 Å². The van der Waals surface area contributed by atoms with Crippen LogP contribution in [0.25, 0.3) is 0 Å². The Morgan fingerprint density at radius 3 is 2.43 bits per heavy atom. The highest BCUT2D eigenvalue weighted by Crippen LogP contribution is 2.13. The van der Waals surface area contributed by atoms with Gasteiger partial charge in [0.2, 0.25) is 0 Å². The van der Waals surface area contributed by atoms with Crippen molar-refractivity contribution >= 4 is 0 Å². The van der Waals surface area contributed by atoms with Gasteiger partial charge in [-0.05, 0) is 13.5 Å². The van der Waals surface area contributed by atoms with Crippen molar-refractivity contribution < 1.29 is 4.74 Å². The van der Waals surface area contributed by atoms with Gasteiger partial charge in [0.05, 0.1) is 0 Å². The first-order valence-corrected chi connectivity index (χ1v) is 2.57. The van der Waals surface area contributed by atoms with Crippen molar-refractivity contribution in [3.8, 4) is 0 Å². The van der Waals surface area contributed by atoms with Gasteiger partial charge < -0.3 is 4.74 Å². The summed E-state index contributed by atoms with van der Waals surface area (Å²) in [6.45, 7) is 1.19. The zero-order valence-electron chi connectivity index (χ0n) is 4.85. The van der Waals surface area contributed by atoms with Crippen molar-refractivity contribution in [1.29, 1.82) is 0 Å². The van der Waals surface area contributed by atoms with Gasteiger partial charge >= 0.3 is 0 Å². The highest BCUT2D eigenvalue weighted by atomic mass is 16.5. The van der Waals surface area contributed by atoms with Crippen molar-refractivity contribution in [3.63, 3.8) is 0 Å². The van der Waals surface area contributed by atoms with Gasteiger partial charge in [-0.15, -0.1) is 0 Å². The fourth-order valence-electron chi connectivity index (χ4n) is 0.791. The Bertz CT molecular complexity index is 63.1. The predicted octanol–water partition coefficient (Wildman–Crippen LogP) is 0.294. The molecule has 0 radical (unpaired) electrons. The van der Waals surface area contributed by atoms with Crippen LogP contribution in [0.1, 0.15) is 6.42 Å². The number of likely N-dealkylation sites (tertiary alicyclic amines) is 1. The summed E-state index contributed by atoms with van der Waals surface area (Å²) in [5, 5.41) is 0. The average molecular weight is 101 g/mol. The topological polar surface area (TPSA) is 12.5 Å². The summed E-state index contributed by atoms with van der Waals surface area (Å²) >= 11 is 0. The number of nitrogens with zero attached hydrogens (tertiary/aromatic N) is 1. The van der Waals surface area contributed by atoms with Crippen LogP contribution in [0.5, 0.6) is 0 Å². The van der Waals surface area contributed by atoms with E-state index >= 15 is 0 Å². The predicted molar refractivity (Wildman–Crippen MR) is 28.0 cm³/mol. The minimum Gasteiger partial charge on any atom is -0.366 e. The van der Waals surface area contributed by atoms with Crippen molar-refractivity contribution in [2.45, 2.75) is 12.6 Å². The standard InChI is InChI=1S/C5H11NO/c1-6-4-3-5(6)7-2/h5H,3-4H2,1-2H3/t5-/m0/s1. The Labute approximate surface area is 44.1 Å². The Morgan fingerprint density at radius 2 is 2.43 bits per heavy atom. The second-order valence-corrected chi connectivity index (χ2v) is 1.96. The fraction of sp³-hybridized carbons (Fsp3) is 1.00. The number of ether oxygens (including phenoxy) is 1. The van der Waals surface area contributed by atoms with E-state index in [4.69, 9.17) is 4.74 Å². The molecule has 1 rings (SSSR count). The fourth-order valence-corrected chi connectivity index (χ4v) is 0.791. The maximum absolute atomic E-state index is 5.02. The molecule has 1 fully saturated rings. The van der Waals surface area contributed by atoms with Crippen molar-refractivity contribution in [2.24, 2.45) is 0 Å². The van der Waals surface area contributed by atoms with E-state index in [0.717, 1.165) is 0 Å². The van der Waals surface area contributed by atoms with E-state index in [1.54, 1.807) is 7.11 Å². The molecule has 0 aromatic heterocycles. The maximum Gasteiger partial charge on any atom is 0.111 e. The quantitative estimate of drug-likeness (QED) is 0.471. The van der Waals surface area contributed by atoms with Gasteiger partial charge in [-0.3, -0.25) is 4.90 Å². The van der Waals surface area contributed by atoms with Crippen molar-refractivity contribution in [2.75, 3.05) is 20.7 Å². The molecule has 1 saturated heterocycles. The zero-order valence-corrected chi connectivity index (χ0v) is 4.85. The zero-order chi connectivity index (χ0) is 5.28. The molecule has 0 N–H and O–H groups in total. The second kappa shape index (κ2) is 1.80. The monoisotopic (exact) mass is 101 g/mol. The Balaban J connectivity index is 2.16. The Morgan fingerprint density at radius 1 is 1.71 bits per heavy atom. The third-order valence-electron chi connectivity index (χ3n) is 1.49. The number of rotatable bonds is 1. The van der Waals surface area contributed by atoms with Gasteiger partial charge in [0, 0.05) is 13.7 Å². The van der Waals surface area contributed by atoms with Crippen LogP contribution in [0.3, 0.4) is 0 Å². The van der Waals surface area contributed by atoms with Crippen LogP contribution in [0.4, 0.5) is 0 Å². The second-order valence-electron chi connectivity index (χ2n) is 1.96. The van der Waals surface area contributed by atoms with Gasteiger partial charge in [-0.2, -0.15) is 0 Å². The van der Waals surface area contributed by atoms with E-state index in [1.807, 2.05) is 0 Å². The van der Waals surface area contributed by atoms with Gasteiger partial charge in [0.15, 0.2) is 0 Å². The minimum absolute atomic E-state index is 0.417. The molecular weight excluding hydrogens is 90.1 g/mol. The van der Waals surface area contributed by atoms with E-state index in [-0.39, 0.29) is 0 Å². The van der Waals surface area contributed by atoms with Gasteiger partial charge in [0.1, 0.15) is 6.23 Å². The van der Waals surface area contributed by atoms with Gasteiger partial charge in [-0.25, -0.2) is 0 Å². The molecule has 0 amide bonds. The first-order chi connectivity index (χ1) is 3.34. The molecule has 1 aliphatic rings. The van der Waals surface area contributed by atoms with Crippen LogP contribution in [0, 0.1) is 0 Å². The normalized spacial score (nSPS) is 32.6. The van der Waals surface area contributed by atoms with Crippen LogP contribution in [0.15, 0.2) is 0 Å². The largest absolute Gasteiger partial charge is 0.366 e. The SMILES string of the molecule is CO[C@H]1CCN1C. The molecule has 0 spiro atoms. The molecule has 7 heavy (non-hydrogen) atoms. The number of hydrogen-bond donors (Lipinski definition) is 0. The number of methoxy groups -OCH3 is 1. The van der Waals surface area contributed by atoms with Crippen LogP contribution in [0.2, 0.25) is 0 Å². The van der Waals surface area contributed by atoms with Crippen LogP contribution >= 0.6 is 0 Å². The van der Waals surface area contributed by atoms with E-state index < -0.39 is 0 Å². The Hall–Kier alpha value is -0.0800. The highest BCUT2D eigenvalue weighted by Gasteiger charge is 2.22. The summed E-state index contributed by atoms with van der Waals surface area (Å²) in [4.78, 5) is 2.18. The molecule has 1 heterocycles. The van der Waals surface area contributed by atoms with E-state index in [2.05, 4.69) is 11.9 Å². The first kappa shape index (κ1) is 5.06. The smallest absolute Gasteiger partial charge is 0.111 e. The first-order valence-electron chi connectivity index (χ1n) is 2.57. The third kappa shape index (κ3) is 0.763. The van der Waals surface area contributed by atoms with Crippen LogP contribution in [-0.2, 0) is 4.74 Å². The molecule has 2 heteroatoms. The molecule has 0 unspecified atom stereocenters. The van der Waals surface area contributed by atoms with Gasteiger partial charge in [0.25, 0.3) is 0 Å². The lowest BCUT2D eigenvalue weighted by Gasteiger charge is -2.35. The molecule has 0 bridgehead atoms. The minimum atomic E-state index is 0.417. The summed E-state index contributed by atoms with van der Waals surface area (Å²) < 4.78 is 5.02. The average Bonchev–Trinajstić information content (AvgIpc) is 1.65. The summed E-state index contributed by atoms with van der Waals surface area (Å²) in [7, 11) is 3.82. The third-order valence-corrected chi connectivity index (χ3v) is 1.49. The summed E-state index contributed by atoms with van der Waals surface area (Å²) in [5.41, 5.74) is 0. The molecule has 0 saturated carbocycles. The van der Waals surface area contributed by atoms with Crippen molar-refractivity contribution in [1.82, 2.24) is 4.90 Å². The Kier molecular flexibility index (Phi) is 1.30. The molecule has 0 aromatic rings. The van der Waals surface area contributed by atoms with E-state index in [0.29, 0.717) is 6.23 Å². The lowest BCUT2D eigenvalue weighted by molar-refractivity contribution is -0.0852. The maximum atomic E-state index is 5.02.